The lowest BCUT2D eigenvalue weighted by Gasteiger charge is -2.26. The highest BCUT2D eigenvalue weighted by Gasteiger charge is 2.25. The zero-order chi connectivity index (χ0) is 14.5. The van der Waals surface area contributed by atoms with Gasteiger partial charge in [0.05, 0.1) is 5.25 Å². The van der Waals surface area contributed by atoms with Gasteiger partial charge >= 0.3 is 0 Å². The molecule has 5 nitrogen and oxygen atoms in total. The third kappa shape index (κ3) is 3.25. The Morgan fingerprint density at radius 3 is 2.95 bits per heavy atom. The molecular weight excluding hydrogens is 274 g/mol. The van der Waals surface area contributed by atoms with E-state index in [9.17, 15) is 4.79 Å². The molecule has 0 spiro atoms. The number of thioether (sulfide) groups is 1. The summed E-state index contributed by atoms with van der Waals surface area (Å²) in [6, 6.07) is 7.13. The second-order valence-corrected chi connectivity index (χ2v) is 6.10. The Bertz CT molecular complexity index is 513. The molecule has 20 heavy (non-hydrogen) atoms. The molecule has 0 aliphatic carbocycles. The van der Waals surface area contributed by atoms with Crippen molar-refractivity contribution in [3.63, 3.8) is 0 Å². The van der Waals surface area contributed by atoms with Gasteiger partial charge in [0, 0.05) is 18.3 Å². The quantitative estimate of drug-likeness (QED) is 0.387. The highest BCUT2D eigenvalue weighted by Crippen LogP contribution is 2.28. The fourth-order valence-corrected chi connectivity index (χ4v) is 3.50. The van der Waals surface area contributed by atoms with Crippen molar-refractivity contribution >= 4 is 29.2 Å². The second-order valence-electron chi connectivity index (χ2n) is 4.79. The zero-order valence-corrected chi connectivity index (χ0v) is 12.3. The molecule has 1 saturated heterocycles. The van der Waals surface area contributed by atoms with Gasteiger partial charge in [-0.05, 0) is 30.7 Å². The van der Waals surface area contributed by atoms with Crippen molar-refractivity contribution in [1.29, 1.82) is 0 Å². The van der Waals surface area contributed by atoms with E-state index in [0.29, 0.717) is 5.56 Å². The number of hydrogen-bond donors (Lipinski definition) is 2. The highest BCUT2D eigenvalue weighted by molar-refractivity contribution is 8.00. The molecule has 1 amide bonds. The lowest BCUT2D eigenvalue weighted by atomic mass is 10.1. The van der Waals surface area contributed by atoms with E-state index >= 15 is 0 Å². The Kier molecular flexibility index (Phi) is 4.89. The smallest absolute Gasteiger partial charge is 0.239 e. The fourth-order valence-electron chi connectivity index (χ4n) is 2.21. The van der Waals surface area contributed by atoms with Crippen LogP contribution in [-0.2, 0) is 4.79 Å². The van der Waals surface area contributed by atoms with Crippen molar-refractivity contribution in [1.82, 2.24) is 0 Å². The molecular formula is C14H19N3O2S. The van der Waals surface area contributed by atoms with Crippen molar-refractivity contribution in [2.45, 2.75) is 24.5 Å². The molecule has 108 valence electrons. The number of anilines is 1. The first-order valence-corrected chi connectivity index (χ1v) is 7.65. The van der Waals surface area contributed by atoms with Crippen molar-refractivity contribution in [3.05, 3.63) is 29.8 Å². The lowest BCUT2D eigenvalue weighted by molar-refractivity contribution is -0.118. The van der Waals surface area contributed by atoms with Crippen LogP contribution in [0.3, 0.4) is 0 Å². The summed E-state index contributed by atoms with van der Waals surface area (Å²) in [5.74, 6) is 1.21. The normalized spacial score (nSPS) is 19.6. The van der Waals surface area contributed by atoms with Crippen LogP contribution in [0.15, 0.2) is 29.4 Å². The molecule has 0 bridgehead atoms. The van der Waals surface area contributed by atoms with Crippen molar-refractivity contribution in [2.24, 2.45) is 10.9 Å². The van der Waals surface area contributed by atoms with Gasteiger partial charge in [-0.2, -0.15) is 0 Å². The number of oxime groups is 1. The Labute approximate surface area is 122 Å². The van der Waals surface area contributed by atoms with Crippen LogP contribution in [0.4, 0.5) is 5.69 Å². The maximum absolute atomic E-state index is 12.4. The van der Waals surface area contributed by atoms with Gasteiger partial charge in [-0.3, -0.25) is 4.79 Å². The first-order valence-electron chi connectivity index (χ1n) is 6.60. The first-order chi connectivity index (χ1) is 9.63. The Hall–Kier alpha value is -1.69. The first kappa shape index (κ1) is 14.7. The summed E-state index contributed by atoms with van der Waals surface area (Å²) in [6.07, 6.45) is 3.24. The Balaban J connectivity index is 2.15. The van der Waals surface area contributed by atoms with Gasteiger partial charge < -0.3 is 15.8 Å². The van der Waals surface area contributed by atoms with Gasteiger partial charge in [-0.15, -0.1) is 11.8 Å². The number of nitrogens with zero attached hydrogens (tertiary/aromatic N) is 2. The number of rotatable bonds is 3. The topological polar surface area (TPSA) is 78.9 Å². The third-order valence-electron chi connectivity index (χ3n) is 3.42. The molecule has 1 unspecified atom stereocenters. The molecule has 0 saturated carbocycles. The minimum atomic E-state index is 0.0414. The van der Waals surface area contributed by atoms with E-state index in [-0.39, 0.29) is 17.0 Å². The minimum Gasteiger partial charge on any atom is -0.409 e. The van der Waals surface area contributed by atoms with E-state index in [1.807, 2.05) is 6.07 Å². The number of hydrogen-bond acceptors (Lipinski definition) is 4. The van der Waals surface area contributed by atoms with Crippen molar-refractivity contribution < 1.29 is 10.0 Å². The molecule has 1 aliphatic heterocycles. The summed E-state index contributed by atoms with van der Waals surface area (Å²) in [4.78, 5) is 14.1. The third-order valence-corrected chi connectivity index (χ3v) is 4.79. The van der Waals surface area contributed by atoms with E-state index in [0.717, 1.165) is 24.3 Å². The number of nitrogens with two attached hydrogens (primary N) is 1. The molecule has 0 aromatic heterocycles. The summed E-state index contributed by atoms with van der Waals surface area (Å²) in [5.41, 5.74) is 6.93. The van der Waals surface area contributed by atoms with E-state index in [1.54, 1.807) is 41.9 Å². The van der Waals surface area contributed by atoms with Crippen LogP contribution in [0.5, 0.6) is 0 Å². The van der Waals surface area contributed by atoms with Crippen LogP contribution in [0.25, 0.3) is 0 Å². The molecule has 1 fully saturated rings. The average molecular weight is 293 g/mol. The van der Waals surface area contributed by atoms with Gasteiger partial charge in [0.15, 0.2) is 5.84 Å². The number of benzene rings is 1. The number of amidine groups is 1. The maximum atomic E-state index is 12.4. The van der Waals surface area contributed by atoms with Crippen LogP contribution in [0.2, 0.25) is 0 Å². The van der Waals surface area contributed by atoms with Crippen LogP contribution < -0.4 is 10.6 Å². The maximum Gasteiger partial charge on any atom is 0.239 e. The van der Waals surface area contributed by atoms with Crippen LogP contribution in [-0.4, -0.2) is 35.0 Å². The SMILES string of the molecule is CN(C(=O)C1CCCCS1)c1cccc(/C(N)=N/O)c1. The molecule has 3 N–H and O–H groups in total. The predicted molar refractivity (Wildman–Crippen MR) is 82.5 cm³/mol. The lowest BCUT2D eigenvalue weighted by Crippen LogP contribution is -2.36. The molecule has 1 aromatic rings. The zero-order valence-electron chi connectivity index (χ0n) is 11.5. The molecule has 0 radical (unpaired) electrons. The van der Waals surface area contributed by atoms with E-state index in [2.05, 4.69) is 5.16 Å². The molecule has 2 rings (SSSR count). The monoisotopic (exact) mass is 293 g/mol. The second kappa shape index (κ2) is 6.65. The fraction of sp³-hybridized carbons (Fsp3) is 0.429. The summed E-state index contributed by atoms with van der Waals surface area (Å²) in [5, 5.41) is 11.7. The Morgan fingerprint density at radius 1 is 1.50 bits per heavy atom. The minimum absolute atomic E-state index is 0.0414. The number of carbonyl (C=O) groups is 1. The largest absolute Gasteiger partial charge is 0.409 e. The number of amides is 1. The average Bonchev–Trinajstić information content (AvgIpc) is 2.53. The van der Waals surface area contributed by atoms with E-state index in [1.165, 1.54) is 6.42 Å². The molecule has 6 heteroatoms. The van der Waals surface area contributed by atoms with Crippen LogP contribution in [0, 0.1) is 0 Å². The molecule has 1 heterocycles. The predicted octanol–water partition coefficient (Wildman–Crippen LogP) is 2.03. The molecule has 1 aliphatic rings. The van der Waals surface area contributed by atoms with Crippen molar-refractivity contribution in [3.8, 4) is 0 Å². The Morgan fingerprint density at radius 2 is 2.30 bits per heavy atom. The van der Waals surface area contributed by atoms with Gasteiger partial charge in [-0.25, -0.2) is 0 Å². The molecule has 1 atom stereocenters. The van der Waals surface area contributed by atoms with Gasteiger partial charge in [0.25, 0.3) is 0 Å². The summed E-state index contributed by atoms with van der Waals surface area (Å²) in [7, 11) is 1.77. The highest BCUT2D eigenvalue weighted by atomic mass is 32.2. The number of carbonyl (C=O) groups excluding carboxylic acids is 1. The van der Waals surface area contributed by atoms with Gasteiger partial charge in [0.2, 0.25) is 5.91 Å². The summed E-state index contributed by atoms with van der Waals surface area (Å²) < 4.78 is 0. The standard InChI is InChI=1S/C14H19N3O2S/c1-17(14(18)12-7-2-3-8-20-12)11-6-4-5-10(9-11)13(15)16-19/h4-6,9,12,19H,2-3,7-8H2,1H3,(H2,15,16). The summed E-state index contributed by atoms with van der Waals surface area (Å²) in [6.45, 7) is 0. The van der Waals surface area contributed by atoms with Crippen molar-refractivity contribution in [2.75, 3.05) is 17.7 Å². The van der Waals surface area contributed by atoms with Crippen LogP contribution >= 0.6 is 11.8 Å². The van der Waals surface area contributed by atoms with Gasteiger partial charge in [-0.1, -0.05) is 23.7 Å². The van der Waals surface area contributed by atoms with Gasteiger partial charge in [0.1, 0.15) is 0 Å². The summed E-state index contributed by atoms with van der Waals surface area (Å²) >= 11 is 1.73. The van der Waals surface area contributed by atoms with Crippen LogP contribution in [0.1, 0.15) is 24.8 Å². The van der Waals surface area contributed by atoms with E-state index in [4.69, 9.17) is 10.9 Å². The van der Waals surface area contributed by atoms with E-state index < -0.39 is 0 Å². The molecule has 1 aromatic carbocycles.